The van der Waals surface area contributed by atoms with E-state index in [2.05, 4.69) is 11.9 Å². The van der Waals surface area contributed by atoms with Crippen molar-refractivity contribution in [2.24, 2.45) is 0 Å². The van der Waals surface area contributed by atoms with E-state index < -0.39 is 0 Å². The molecule has 1 saturated carbocycles. The van der Waals surface area contributed by atoms with Crippen LogP contribution < -0.4 is 5.32 Å². The van der Waals surface area contributed by atoms with Crippen molar-refractivity contribution in [1.82, 2.24) is 5.32 Å². The highest BCUT2D eigenvalue weighted by Crippen LogP contribution is 2.20. The Balaban J connectivity index is 2.08. The molecule has 0 aromatic rings. The summed E-state index contributed by atoms with van der Waals surface area (Å²) in [5.41, 5.74) is 1.08. The maximum atomic E-state index is 5.48. The van der Waals surface area contributed by atoms with Crippen LogP contribution in [-0.2, 0) is 9.47 Å². The van der Waals surface area contributed by atoms with Crippen LogP contribution in [-0.4, -0.2) is 39.0 Å². The van der Waals surface area contributed by atoms with Gasteiger partial charge in [-0.3, -0.25) is 0 Å². The first-order valence-electron chi connectivity index (χ1n) is 6.22. The van der Waals surface area contributed by atoms with Crippen molar-refractivity contribution >= 4 is 0 Å². The monoisotopic (exact) mass is 227 g/mol. The van der Waals surface area contributed by atoms with Crippen molar-refractivity contribution in [3.8, 4) is 0 Å². The van der Waals surface area contributed by atoms with Crippen molar-refractivity contribution in [3.05, 3.63) is 12.2 Å². The number of methoxy groups -OCH3 is 1. The third-order valence-corrected chi connectivity index (χ3v) is 3.01. The maximum absolute atomic E-state index is 5.48. The van der Waals surface area contributed by atoms with Gasteiger partial charge in [-0.1, -0.05) is 25.0 Å². The van der Waals surface area contributed by atoms with Crippen molar-refractivity contribution in [2.75, 3.05) is 26.9 Å². The Morgan fingerprint density at radius 2 is 2.12 bits per heavy atom. The van der Waals surface area contributed by atoms with Gasteiger partial charge in [0.05, 0.1) is 19.3 Å². The molecule has 94 valence electrons. The Morgan fingerprint density at radius 1 is 1.38 bits per heavy atom. The first-order valence-corrected chi connectivity index (χ1v) is 6.22. The largest absolute Gasteiger partial charge is 0.380 e. The molecule has 2 unspecified atom stereocenters. The van der Waals surface area contributed by atoms with Gasteiger partial charge in [0.25, 0.3) is 0 Å². The summed E-state index contributed by atoms with van der Waals surface area (Å²) >= 11 is 0. The molecule has 0 saturated heterocycles. The van der Waals surface area contributed by atoms with Gasteiger partial charge in [-0.05, 0) is 19.8 Å². The Bertz CT molecular complexity index is 206. The predicted molar refractivity (Wildman–Crippen MR) is 66.7 cm³/mol. The summed E-state index contributed by atoms with van der Waals surface area (Å²) in [4.78, 5) is 0. The van der Waals surface area contributed by atoms with Gasteiger partial charge in [-0.15, -0.1) is 0 Å². The summed E-state index contributed by atoms with van der Waals surface area (Å²) in [5, 5.41) is 3.52. The quantitative estimate of drug-likeness (QED) is 0.534. The molecule has 3 heteroatoms. The van der Waals surface area contributed by atoms with Crippen molar-refractivity contribution in [2.45, 2.75) is 44.8 Å². The molecule has 0 spiro atoms. The van der Waals surface area contributed by atoms with Gasteiger partial charge in [0.1, 0.15) is 0 Å². The molecule has 1 aliphatic rings. The lowest BCUT2D eigenvalue weighted by Gasteiger charge is -2.31. The lowest BCUT2D eigenvalue weighted by Crippen LogP contribution is -2.44. The summed E-state index contributed by atoms with van der Waals surface area (Å²) in [6, 6.07) is 0.507. The number of rotatable bonds is 7. The smallest absolute Gasteiger partial charge is 0.0724 e. The molecule has 0 radical (unpaired) electrons. The van der Waals surface area contributed by atoms with Gasteiger partial charge < -0.3 is 14.8 Å². The maximum Gasteiger partial charge on any atom is 0.0724 e. The average molecular weight is 227 g/mol. The normalized spacial score (nSPS) is 25.6. The van der Waals surface area contributed by atoms with E-state index in [0.29, 0.717) is 18.8 Å². The van der Waals surface area contributed by atoms with E-state index >= 15 is 0 Å². The molecule has 0 aromatic heterocycles. The zero-order chi connectivity index (χ0) is 11.8. The average Bonchev–Trinajstić information content (AvgIpc) is 2.29. The molecular formula is C13H25NO2. The Kier molecular flexibility index (Phi) is 6.69. The van der Waals surface area contributed by atoms with Crippen LogP contribution in [0.25, 0.3) is 0 Å². The topological polar surface area (TPSA) is 30.5 Å². The molecule has 3 nitrogen and oxygen atoms in total. The van der Waals surface area contributed by atoms with Gasteiger partial charge >= 0.3 is 0 Å². The lowest BCUT2D eigenvalue weighted by molar-refractivity contribution is 0.0385. The molecule has 0 aliphatic heterocycles. The van der Waals surface area contributed by atoms with Crippen LogP contribution >= 0.6 is 0 Å². The Labute approximate surface area is 99.2 Å². The van der Waals surface area contributed by atoms with E-state index in [4.69, 9.17) is 9.47 Å². The van der Waals surface area contributed by atoms with E-state index in [0.717, 1.165) is 18.7 Å². The van der Waals surface area contributed by atoms with Crippen LogP contribution in [0.3, 0.4) is 0 Å². The molecule has 0 bridgehead atoms. The predicted octanol–water partition coefficient (Wildman–Crippen LogP) is 2.13. The summed E-state index contributed by atoms with van der Waals surface area (Å²) in [6.45, 7) is 8.10. The van der Waals surface area contributed by atoms with Crippen LogP contribution in [0.1, 0.15) is 32.6 Å². The highest BCUT2D eigenvalue weighted by molar-refractivity contribution is 4.87. The molecule has 1 fully saturated rings. The van der Waals surface area contributed by atoms with Gasteiger partial charge in [-0.2, -0.15) is 0 Å². The molecule has 16 heavy (non-hydrogen) atoms. The molecule has 2 atom stereocenters. The first-order chi connectivity index (χ1) is 7.74. The van der Waals surface area contributed by atoms with Crippen molar-refractivity contribution in [3.63, 3.8) is 0 Å². The lowest BCUT2D eigenvalue weighted by atomic mass is 9.92. The molecule has 0 amide bonds. The number of ether oxygens (including phenoxy) is 2. The molecule has 1 rings (SSSR count). The van der Waals surface area contributed by atoms with Gasteiger partial charge in [0.15, 0.2) is 0 Å². The second-order valence-corrected chi connectivity index (χ2v) is 4.63. The van der Waals surface area contributed by atoms with Crippen LogP contribution in [0.4, 0.5) is 0 Å². The highest BCUT2D eigenvalue weighted by atomic mass is 16.5. The fraction of sp³-hybridized carbons (Fsp3) is 0.846. The van der Waals surface area contributed by atoms with Crippen molar-refractivity contribution < 1.29 is 9.47 Å². The van der Waals surface area contributed by atoms with Gasteiger partial charge in [-0.25, -0.2) is 0 Å². The fourth-order valence-electron chi connectivity index (χ4n) is 2.18. The van der Waals surface area contributed by atoms with Gasteiger partial charge in [0, 0.05) is 19.7 Å². The third kappa shape index (κ3) is 5.10. The number of hydrogen-bond donors (Lipinski definition) is 1. The zero-order valence-electron chi connectivity index (χ0n) is 10.6. The first kappa shape index (κ1) is 13.7. The summed E-state index contributed by atoms with van der Waals surface area (Å²) in [7, 11) is 1.81. The summed E-state index contributed by atoms with van der Waals surface area (Å²) in [6.07, 6.45) is 5.39. The number of hydrogen-bond acceptors (Lipinski definition) is 3. The molecule has 1 aliphatic carbocycles. The molecular weight excluding hydrogens is 202 g/mol. The summed E-state index contributed by atoms with van der Waals surface area (Å²) < 4.78 is 10.9. The van der Waals surface area contributed by atoms with Crippen LogP contribution in [0.15, 0.2) is 12.2 Å². The third-order valence-electron chi connectivity index (χ3n) is 3.01. The minimum absolute atomic E-state index is 0.384. The summed E-state index contributed by atoms with van der Waals surface area (Å²) in [5.74, 6) is 0. The molecule has 0 heterocycles. The van der Waals surface area contributed by atoms with Crippen molar-refractivity contribution in [1.29, 1.82) is 0 Å². The molecule has 0 aromatic carbocycles. The van der Waals surface area contributed by atoms with E-state index in [1.165, 1.54) is 25.7 Å². The minimum atomic E-state index is 0.384. The van der Waals surface area contributed by atoms with E-state index in [9.17, 15) is 0 Å². The van der Waals surface area contributed by atoms with Gasteiger partial charge in [0.2, 0.25) is 0 Å². The van der Waals surface area contributed by atoms with Crippen LogP contribution in [0.5, 0.6) is 0 Å². The minimum Gasteiger partial charge on any atom is -0.380 e. The Hall–Kier alpha value is -0.380. The van der Waals surface area contributed by atoms with E-state index in [-0.39, 0.29) is 0 Å². The standard InChI is InChI=1S/C13H25NO2/c1-11(2)10-16-9-8-14-12-6-4-5-7-13(12)15-3/h12-14H,1,4-10H2,2-3H3. The van der Waals surface area contributed by atoms with Crippen LogP contribution in [0.2, 0.25) is 0 Å². The van der Waals surface area contributed by atoms with E-state index in [1.807, 2.05) is 14.0 Å². The SMILES string of the molecule is C=C(C)COCCNC1CCCCC1OC. The second kappa shape index (κ2) is 7.82. The second-order valence-electron chi connectivity index (χ2n) is 4.63. The zero-order valence-corrected chi connectivity index (χ0v) is 10.6. The molecule has 1 N–H and O–H groups in total. The number of nitrogens with one attached hydrogen (secondary N) is 1. The Morgan fingerprint density at radius 3 is 2.81 bits per heavy atom. The van der Waals surface area contributed by atoms with E-state index in [1.54, 1.807) is 0 Å². The van der Waals surface area contributed by atoms with Crippen LogP contribution in [0, 0.1) is 0 Å². The fourth-order valence-corrected chi connectivity index (χ4v) is 2.18. The highest BCUT2D eigenvalue weighted by Gasteiger charge is 2.23.